The van der Waals surface area contributed by atoms with E-state index in [1.54, 1.807) is 0 Å². The molecule has 0 bridgehead atoms. The highest BCUT2D eigenvalue weighted by atomic mass is 127. The Bertz CT molecular complexity index is 853. The highest BCUT2D eigenvalue weighted by Crippen LogP contribution is 2.51. The first-order valence-corrected chi connectivity index (χ1v) is 7.73. The Labute approximate surface area is 131 Å². The molecule has 1 aliphatic rings. The summed E-state index contributed by atoms with van der Waals surface area (Å²) in [4.78, 5) is 9.78. The van der Waals surface area contributed by atoms with Gasteiger partial charge in [-0.15, -0.1) is 0 Å². The Morgan fingerprint density at radius 1 is 1.00 bits per heavy atom. The SMILES string of the molecule is Cc1ccc2nc3c(nc2c1)-c1ccccc1C3(C)I. The van der Waals surface area contributed by atoms with Gasteiger partial charge < -0.3 is 0 Å². The molecular formula is C17H13IN2. The standard InChI is InChI=1S/C17H13IN2/c1-10-7-8-13-14(9-10)19-15-11-5-3-4-6-12(11)17(2,18)16(15)20-13/h3-9H,1-2H3. The Kier molecular flexibility index (Phi) is 2.46. The van der Waals surface area contributed by atoms with E-state index in [9.17, 15) is 0 Å². The predicted octanol–water partition coefficient (Wildman–Crippen LogP) is 4.62. The van der Waals surface area contributed by atoms with Crippen molar-refractivity contribution in [1.29, 1.82) is 0 Å². The lowest BCUT2D eigenvalue weighted by Crippen LogP contribution is -2.12. The van der Waals surface area contributed by atoms with Gasteiger partial charge >= 0.3 is 0 Å². The number of rotatable bonds is 0. The van der Waals surface area contributed by atoms with Crippen LogP contribution in [-0.4, -0.2) is 9.97 Å². The maximum Gasteiger partial charge on any atom is 0.0945 e. The maximum absolute atomic E-state index is 4.89. The van der Waals surface area contributed by atoms with Gasteiger partial charge in [0.25, 0.3) is 0 Å². The van der Waals surface area contributed by atoms with Gasteiger partial charge in [0.15, 0.2) is 0 Å². The zero-order valence-corrected chi connectivity index (χ0v) is 13.5. The lowest BCUT2D eigenvalue weighted by atomic mass is 10.0. The van der Waals surface area contributed by atoms with E-state index in [0.717, 1.165) is 22.4 Å². The minimum absolute atomic E-state index is 0.101. The van der Waals surface area contributed by atoms with Crippen LogP contribution in [0, 0.1) is 6.92 Å². The molecule has 3 aromatic rings. The quantitative estimate of drug-likeness (QED) is 0.425. The zero-order chi connectivity index (χ0) is 13.9. The molecule has 0 saturated heterocycles. The van der Waals surface area contributed by atoms with E-state index >= 15 is 0 Å². The van der Waals surface area contributed by atoms with Crippen molar-refractivity contribution >= 4 is 33.6 Å². The van der Waals surface area contributed by atoms with E-state index < -0.39 is 0 Å². The van der Waals surface area contributed by atoms with Gasteiger partial charge in [0, 0.05) is 5.56 Å². The van der Waals surface area contributed by atoms with Crippen molar-refractivity contribution in [2.75, 3.05) is 0 Å². The van der Waals surface area contributed by atoms with Gasteiger partial charge in [-0.05, 0) is 37.1 Å². The third-order valence-corrected chi connectivity index (χ3v) is 5.04. The van der Waals surface area contributed by atoms with Crippen LogP contribution in [0.15, 0.2) is 42.5 Å². The molecule has 0 aliphatic heterocycles. The molecule has 1 aliphatic carbocycles. The average molecular weight is 372 g/mol. The number of fused-ring (bicyclic) bond motifs is 4. The number of aromatic nitrogens is 2. The Hall–Kier alpha value is -1.49. The van der Waals surface area contributed by atoms with E-state index in [1.807, 2.05) is 0 Å². The number of halogens is 1. The minimum atomic E-state index is -0.101. The highest BCUT2D eigenvalue weighted by molar-refractivity contribution is 14.1. The number of aryl methyl sites for hydroxylation is 1. The third-order valence-electron chi connectivity index (χ3n) is 3.95. The molecule has 1 atom stereocenters. The topological polar surface area (TPSA) is 25.8 Å². The summed E-state index contributed by atoms with van der Waals surface area (Å²) >= 11 is 2.49. The lowest BCUT2D eigenvalue weighted by molar-refractivity contribution is 0.872. The summed E-state index contributed by atoms with van der Waals surface area (Å²) in [6.07, 6.45) is 0. The first kappa shape index (κ1) is 12.3. The summed E-state index contributed by atoms with van der Waals surface area (Å²) in [6, 6.07) is 14.8. The van der Waals surface area contributed by atoms with Crippen molar-refractivity contribution in [2.45, 2.75) is 17.3 Å². The van der Waals surface area contributed by atoms with Gasteiger partial charge in [0.2, 0.25) is 0 Å². The van der Waals surface area contributed by atoms with E-state index in [0.29, 0.717) is 0 Å². The molecule has 0 fully saturated rings. The van der Waals surface area contributed by atoms with Crippen molar-refractivity contribution in [1.82, 2.24) is 9.97 Å². The van der Waals surface area contributed by atoms with Crippen LogP contribution in [0.4, 0.5) is 0 Å². The van der Waals surface area contributed by atoms with E-state index in [4.69, 9.17) is 9.97 Å². The Morgan fingerprint density at radius 2 is 1.80 bits per heavy atom. The minimum Gasteiger partial charge on any atom is -0.247 e. The fraction of sp³-hybridized carbons (Fsp3) is 0.176. The highest BCUT2D eigenvalue weighted by Gasteiger charge is 2.39. The van der Waals surface area contributed by atoms with Crippen LogP contribution in [0.5, 0.6) is 0 Å². The van der Waals surface area contributed by atoms with Crippen LogP contribution < -0.4 is 0 Å². The molecule has 1 aromatic heterocycles. The molecule has 4 rings (SSSR count). The first-order chi connectivity index (χ1) is 9.57. The molecule has 1 unspecified atom stereocenters. The number of nitrogens with zero attached hydrogens (tertiary/aromatic N) is 2. The van der Waals surface area contributed by atoms with Crippen molar-refractivity contribution < 1.29 is 0 Å². The molecule has 0 N–H and O–H groups in total. The molecule has 98 valence electrons. The van der Waals surface area contributed by atoms with Gasteiger partial charge in [0.1, 0.15) is 0 Å². The lowest BCUT2D eigenvalue weighted by Gasteiger charge is -2.17. The van der Waals surface area contributed by atoms with Crippen LogP contribution in [0.3, 0.4) is 0 Å². The molecule has 0 spiro atoms. The average Bonchev–Trinajstić information content (AvgIpc) is 2.66. The summed E-state index contributed by atoms with van der Waals surface area (Å²) in [6.45, 7) is 4.30. The van der Waals surface area contributed by atoms with Crippen LogP contribution in [0.25, 0.3) is 22.3 Å². The van der Waals surface area contributed by atoms with E-state index in [2.05, 4.69) is 78.9 Å². The largest absolute Gasteiger partial charge is 0.247 e. The molecular weight excluding hydrogens is 359 g/mol. The molecule has 0 saturated carbocycles. The maximum atomic E-state index is 4.89. The third kappa shape index (κ3) is 1.56. The fourth-order valence-electron chi connectivity index (χ4n) is 2.91. The summed E-state index contributed by atoms with van der Waals surface area (Å²) in [7, 11) is 0. The summed E-state index contributed by atoms with van der Waals surface area (Å²) in [5.74, 6) is 0. The number of hydrogen-bond acceptors (Lipinski definition) is 2. The van der Waals surface area contributed by atoms with Gasteiger partial charge in [-0.1, -0.05) is 52.9 Å². The first-order valence-electron chi connectivity index (χ1n) is 6.65. The van der Waals surface area contributed by atoms with Crippen molar-refractivity contribution in [3.8, 4) is 11.3 Å². The molecule has 2 nitrogen and oxygen atoms in total. The monoisotopic (exact) mass is 372 g/mol. The van der Waals surface area contributed by atoms with Crippen molar-refractivity contribution in [2.24, 2.45) is 0 Å². The smallest absolute Gasteiger partial charge is 0.0945 e. The van der Waals surface area contributed by atoms with Crippen molar-refractivity contribution in [3.05, 3.63) is 59.3 Å². The number of benzene rings is 2. The molecule has 3 heteroatoms. The molecule has 2 aromatic carbocycles. The molecule has 0 radical (unpaired) electrons. The van der Waals surface area contributed by atoms with Gasteiger partial charge in [-0.3, -0.25) is 0 Å². The number of alkyl halides is 1. The molecule has 1 heterocycles. The molecule has 0 amide bonds. The fourth-order valence-corrected chi connectivity index (χ4v) is 3.75. The van der Waals surface area contributed by atoms with Crippen LogP contribution >= 0.6 is 22.6 Å². The van der Waals surface area contributed by atoms with Gasteiger partial charge in [0.05, 0.1) is 25.8 Å². The van der Waals surface area contributed by atoms with E-state index in [-0.39, 0.29) is 3.42 Å². The second-order valence-electron chi connectivity index (χ2n) is 5.46. The second-order valence-corrected chi connectivity index (χ2v) is 7.62. The Balaban J connectivity index is 2.12. The normalized spacial score (nSPS) is 19.9. The Morgan fingerprint density at radius 3 is 2.65 bits per heavy atom. The van der Waals surface area contributed by atoms with Crippen LogP contribution in [0.1, 0.15) is 23.7 Å². The summed E-state index contributed by atoms with van der Waals surface area (Å²) < 4.78 is -0.101. The van der Waals surface area contributed by atoms with E-state index in [1.165, 1.54) is 16.7 Å². The van der Waals surface area contributed by atoms with Gasteiger partial charge in [-0.2, -0.15) is 0 Å². The van der Waals surface area contributed by atoms with Crippen LogP contribution in [0.2, 0.25) is 0 Å². The second kappa shape index (κ2) is 4.01. The van der Waals surface area contributed by atoms with Crippen molar-refractivity contribution in [3.63, 3.8) is 0 Å². The molecule has 20 heavy (non-hydrogen) atoms. The van der Waals surface area contributed by atoms with Crippen LogP contribution in [-0.2, 0) is 3.42 Å². The number of hydrogen-bond donors (Lipinski definition) is 0. The zero-order valence-electron chi connectivity index (χ0n) is 11.3. The summed E-state index contributed by atoms with van der Waals surface area (Å²) in [5, 5.41) is 0. The van der Waals surface area contributed by atoms with Gasteiger partial charge in [-0.25, -0.2) is 9.97 Å². The predicted molar refractivity (Wildman–Crippen MR) is 90.2 cm³/mol. The summed E-state index contributed by atoms with van der Waals surface area (Å²) in [5.41, 5.74) is 7.82.